The fourth-order valence-corrected chi connectivity index (χ4v) is 2.96. The Bertz CT molecular complexity index is 620. The molecule has 0 spiro atoms. The number of amides is 3. The number of urea groups is 1. The Morgan fingerprint density at radius 2 is 2.08 bits per heavy atom. The zero-order valence-electron chi connectivity index (χ0n) is 14.8. The van der Waals surface area contributed by atoms with Gasteiger partial charge in [-0.1, -0.05) is 18.9 Å². The van der Waals surface area contributed by atoms with Crippen molar-refractivity contribution in [2.45, 2.75) is 57.7 Å². The van der Waals surface area contributed by atoms with E-state index >= 15 is 0 Å². The van der Waals surface area contributed by atoms with Crippen LogP contribution in [-0.4, -0.2) is 47.2 Å². The fourth-order valence-electron chi connectivity index (χ4n) is 2.96. The molecule has 1 aromatic rings. The van der Waals surface area contributed by atoms with E-state index in [2.05, 4.69) is 15.6 Å². The smallest absolute Gasteiger partial charge is 0.315 e. The van der Waals surface area contributed by atoms with Gasteiger partial charge in [0.2, 0.25) is 5.91 Å². The zero-order chi connectivity index (χ0) is 18.2. The van der Waals surface area contributed by atoms with Crippen LogP contribution in [0.25, 0.3) is 0 Å². The Morgan fingerprint density at radius 3 is 2.76 bits per heavy atom. The van der Waals surface area contributed by atoms with Gasteiger partial charge in [-0.25, -0.2) is 9.78 Å². The summed E-state index contributed by atoms with van der Waals surface area (Å²) in [6.45, 7) is 2.40. The van der Waals surface area contributed by atoms with Gasteiger partial charge in [0.05, 0.1) is 18.3 Å². The molecule has 0 saturated carbocycles. The topological polar surface area (TPSA) is 91.4 Å². The molecule has 136 valence electrons. The standard InChI is InChI=1S/C18H26N4O3/c1-13-16(21-18(25)19-13)9-4-3-5-10-17(24)22(2)11-14-7-6-8-15(12-23)20-14/h6-8,12-13,16H,3-5,9-11H2,1-2H3,(H2,19,21,25)/t13-,16+/m0/s1. The van der Waals surface area contributed by atoms with Crippen molar-refractivity contribution in [1.82, 2.24) is 20.5 Å². The van der Waals surface area contributed by atoms with E-state index in [9.17, 15) is 14.4 Å². The fraction of sp³-hybridized carbons (Fsp3) is 0.556. The molecule has 1 aliphatic heterocycles. The molecule has 1 fully saturated rings. The Labute approximate surface area is 148 Å². The van der Waals surface area contributed by atoms with Crippen molar-refractivity contribution in [3.05, 3.63) is 29.6 Å². The molecule has 0 radical (unpaired) electrons. The van der Waals surface area contributed by atoms with Gasteiger partial charge < -0.3 is 15.5 Å². The largest absolute Gasteiger partial charge is 0.340 e. The van der Waals surface area contributed by atoms with Crippen molar-refractivity contribution < 1.29 is 14.4 Å². The first-order valence-electron chi connectivity index (χ1n) is 8.71. The van der Waals surface area contributed by atoms with E-state index < -0.39 is 0 Å². The molecule has 0 unspecified atom stereocenters. The van der Waals surface area contributed by atoms with Crippen molar-refractivity contribution in [3.8, 4) is 0 Å². The van der Waals surface area contributed by atoms with Gasteiger partial charge in [-0.05, 0) is 31.9 Å². The maximum absolute atomic E-state index is 12.2. The van der Waals surface area contributed by atoms with E-state index in [1.165, 1.54) is 0 Å². The van der Waals surface area contributed by atoms with Gasteiger partial charge in [0.25, 0.3) is 0 Å². The minimum atomic E-state index is -0.0958. The molecule has 25 heavy (non-hydrogen) atoms. The lowest BCUT2D eigenvalue weighted by atomic mass is 10.0. The van der Waals surface area contributed by atoms with Crippen molar-refractivity contribution in [2.24, 2.45) is 0 Å². The molecular formula is C18H26N4O3. The number of pyridine rings is 1. The molecular weight excluding hydrogens is 320 g/mol. The second kappa shape index (κ2) is 9.15. The first-order valence-corrected chi connectivity index (χ1v) is 8.71. The molecule has 2 N–H and O–H groups in total. The third kappa shape index (κ3) is 5.85. The van der Waals surface area contributed by atoms with Gasteiger partial charge in [-0.2, -0.15) is 0 Å². The van der Waals surface area contributed by atoms with Crippen LogP contribution in [0.5, 0.6) is 0 Å². The van der Waals surface area contributed by atoms with Crippen molar-refractivity contribution in [2.75, 3.05) is 7.05 Å². The molecule has 2 atom stereocenters. The lowest BCUT2D eigenvalue weighted by Crippen LogP contribution is -2.30. The second-order valence-corrected chi connectivity index (χ2v) is 6.53. The first-order chi connectivity index (χ1) is 12.0. The van der Waals surface area contributed by atoms with Crippen LogP contribution in [0.15, 0.2) is 18.2 Å². The van der Waals surface area contributed by atoms with Crippen LogP contribution in [0.4, 0.5) is 4.79 Å². The average molecular weight is 346 g/mol. The summed E-state index contributed by atoms with van der Waals surface area (Å²) in [4.78, 5) is 40.0. The zero-order valence-corrected chi connectivity index (χ0v) is 14.8. The molecule has 0 aromatic carbocycles. The number of rotatable bonds is 9. The van der Waals surface area contributed by atoms with Crippen molar-refractivity contribution >= 4 is 18.2 Å². The van der Waals surface area contributed by atoms with Gasteiger partial charge >= 0.3 is 6.03 Å². The highest BCUT2D eigenvalue weighted by Gasteiger charge is 2.26. The lowest BCUT2D eigenvalue weighted by molar-refractivity contribution is -0.130. The van der Waals surface area contributed by atoms with E-state index in [1.807, 2.05) is 13.0 Å². The predicted molar refractivity (Wildman–Crippen MR) is 94.1 cm³/mol. The summed E-state index contributed by atoms with van der Waals surface area (Å²) in [5, 5.41) is 5.73. The van der Waals surface area contributed by atoms with Crippen LogP contribution in [0.3, 0.4) is 0 Å². The Kier molecular flexibility index (Phi) is 6.91. The summed E-state index contributed by atoms with van der Waals surface area (Å²) >= 11 is 0. The average Bonchev–Trinajstić information content (AvgIpc) is 2.92. The molecule has 0 aliphatic carbocycles. The molecule has 1 aliphatic rings. The van der Waals surface area contributed by atoms with Crippen LogP contribution < -0.4 is 10.6 Å². The van der Waals surface area contributed by atoms with Gasteiger partial charge in [0.15, 0.2) is 6.29 Å². The Hall–Kier alpha value is -2.44. The number of aromatic nitrogens is 1. The van der Waals surface area contributed by atoms with Crippen LogP contribution >= 0.6 is 0 Å². The number of unbranched alkanes of at least 4 members (excludes halogenated alkanes) is 2. The molecule has 1 aromatic heterocycles. The normalized spacial score (nSPS) is 19.2. The lowest BCUT2D eigenvalue weighted by Gasteiger charge is -2.17. The van der Waals surface area contributed by atoms with E-state index in [1.54, 1.807) is 24.1 Å². The molecule has 7 nitrogen and oxygen atoms in total. The third-order valence-corrected chi connectivity index (χ3v) is 4.46. The SMILES string of the molecule is C[C@@H]1NC(=O)N[C@@H]1CCCCCC(=O)N(C)Cc1cccc(C=O)n1. The van der Waals surface area contributed by atoms with E-state index in [-0.39, 0.29) is 24.0 Å². The van der Waals surface area contributed by atoms with Crippen molar-refractivity contribution in [1.29, 1.82) is 0 Å². The number of nitrogens with one attached hydrogen (secondary N) is 2. The van der Waals surface area contributed by atoms with Gasteiger partial charge in [-0.3, -0.25) is 9.59 Å². The molecule has 2 heterocycles. The van der Waals surface area contributed by atoms with E-state index in [0.29, 0.717) is 30.6 Å². The van der Waals surface area contributed by atoms with E-state index in [0.717, 1.165) is 25.7 Å². The third-order valence-electron chi connectivity index (χ3n) is 4.46. The maximum atomic E-state index is 12.2. The summed E-state index contributed by atoms with van der Waals surface area (Å²) in [5.74, 6) is 0.0718. The maximum Gasteiger partial charge on any atom is 0.315 e. The highest BCUT2D eigenvalue weighted by molar-refractivity contribution is 5.77. The van der Waals surface area contributed by atoms with Gasteiger partial charge in [0, 0.05) is 19.5 Å². The number of hydrogen-bond donors (Lipinski definition) is 2. The predicted octanol–water partition coefficient (Wildman–Crippen LogP) is 1.87. The second-order valence-electron chi connectivity index (χ2n) is 6.53. The number of carbonyl (C=O) groups excluding carboxylic acids is 3. The first kappa shape index (κ1) is 18.9. The minimum absolute atomic E-state index is 0.0718. The number of carbonyl (C=O) groups is 3. The quantitative estimate of drug-likeness (QED) is 0.527. The number of hydrogen-bond acceptors (Lipinski definition) is 4. The minimum Gasteiger partial charge on any atom is -0.340 e. The molecule has 0 bridgehead atoms. The van der Waals surface area contributed by atoms with Crippen molar-refractivity contribution in [3.63, 3.8) is 0 Å². The summed E-state index contributed by atoms with van der Waals surface area (Å²) in [6, 6.07) is 5.46. The van der Waals surface area contributed by atoms with Gasteiger partial charge in [-0.15, -0.1) is 0 Å². The van der Waals surface area contributed by atoms with Crippen LogP contribution in [-0.2, 0) is 11.3 Å². The summed E-state index contributed by atoms with van der Waals surface area (Å²) < 4.78 is 0. The monoisotopic (exact) mass is 346 g/mol. The highest BCUT2D eigenvalue weighted by Crippen LogP contribution is 2.12. The highest BCUT2D eigenvalue weighted by atomic mass is 16.2. The number of aldehydes is 1. The Balaban J connectivity index is 1.64. The summed E-state index contributed by atoms with van der Waals surface area (Å²) in [6.07, 6.45) is 4.89. The molecule has 3 amide bonds. The Morgan fingerprint density at radius 1 is 1.28 bits per heavy atom. The number of nitrogens with zero attached hydrogens (tertiary/aromatic N) is 2. The molecule has 2 rings (SSSR count). The van der Waals surface area contributed by atoms with Crippen LogP contribution in [0.1, 0.15) is 55.2 Å². The summed E-state index contributed by atoms with van der Waals surface area (Å²) in [7, 11) is 1.75. The summed E-state index contributed by atoms with van der Waals surface area (Å²) in [5.41, 5.74) is 1.08. The van der Waals surface area contributed by atoms with Crippen LogP contribution in [0, 0.1) is 0 Å². The van der Waals surface area contributed by atoms with E-state index in [4.69, 9.17) is 0 Å². The van der Waals surface area contributed by atoms with Crippen LogP contribution in [0.2, 0.25) is 0 Å². The van der Waals surface area contributed by atoms with Gasteiger partial charge in [0.1, 0.15) is 5.69 Å². The molecule has 7 heteroatoms. The molecule has 1 saturated heterocycles.